The molecule has 92 valence electrons. The average Bonchev–Trinajstić information content (AvgIpc) is 2.09. The largest absolute Gasteiger partial charge is 0.317 e. The molecular weight excluding hydrogens is 182 g/mol. The average molecular weight is 213 g/mol. The molecular formula is C14H31N. The van der Waals surface area contributed by atoms with Gasteiger partial charge >= 0.3 is 0 Å². The van der Waals surface area contributed by atoms with Crippen LogP contribution >= 0.6 is 0 Å². The van der Waals surface area contributed by atoms with Gasteiger partial charge in [-0.2, -0.15) is 0 Å². The summed E-state index contributed by atoms with van der Waals surface area (Å²) in [6.07, 6.45) is 5.20. The molecule has 1 nitrogen and oxygen atoms in total. The predicted octanol–water partition coefficient (Wildman–Crippen LogP) is 4.23. The van der Waals surface area contributed by atoms with Crippen molar-refractivity contribution >= 4 is 0 Å². The Morgan fingerprint density at radius 3 is 1.87 bits per heavy atom. The van der Waals surface area contributed by atoms with Gasteiger partial charge < -0.3 is 5.32 Å². The highest BCUT2D eigenvalue weighted by atomic mass is 14.8. The summed E-state index contributed by atoms with van der Waals surface area (Å²) in [5.74, 6) is 0. The third-order valence-electron chi connectivity index (χ3n) is 2.96. The van der Waals surface area contributed by atoms with Crippen molar-refractivity contribution in [3.63, 3.8) is 0 Å². The van der Waals surface area contributed by atoms with Crippen LogP contribution in [0.25, 0.3) is 0 Å². The molecule has 0 aliphatic rings. The molecule has 0 aliphatic carbocycles. The minimum atomic E-state index is 0.480. The lowest BCUT2D eigenvalue weighted by Crippen LogP contribution is -2.24. The quantitative estimate of drug-likeness (QED) is 0.624. The molecule has 0 aliphatic heterocycles. The first-order valence-electron chi connectivity index (χ1n) is 6.47. The van der Waals surface area contributed by atoms with Crippen LogP contribution in [0.2, 0.25) is 0 Å². The van der Waals surface area contributed by atoms with Crippen LogP contribution in [-0.4, -0.2) is 13.1 Å². The van der Waals surface area contributed by atoms with Crippen LogP contribution in [0.5, 0.6) is 0 Å². The molecule has 0 saturated carbocycles. The van der Waals surface area contributed by atoms with Gasteiger partial charge in [0.1, 0.15) is 0 Å². The Bertz CT molecular complexity index is 153. The Labute approximate surface area is 97.0 Å². The lowest BCUT2D eigenvalue weighted by Gasteiger charge is -2.29. The minimum absolute atomic E-state index is 0.480. The molecule has 0 unspecified atom stereocenters. The molecule has 15 heavy (non-hydrogen) atoms. The minimum Gasteiger partial charge on any atom is -0.317 e. The fourth-order valence-electron chi connectivity index (χ4n) is 1.57. The van der Waals surface area contributed by atoms with Crippen molar-refractivity contribution in [2.75, 3.05) is 13.1 Å². The fraction of sp³-hybridized carbons (Fsp3) is 1.00. The van der Waals surface area contributed by atoms with Crippen molar-refractivity contribution < 1.29 is 0 Å². The molecule has 1 N–H and O–H groups in total. The van der Waals surface area contributed by atoms with E-state index in [1.54, 1.807) is 0 Å². The van der Waals surface area contributed by atoms with Crippen molar-refractivity contribution in [3.8, 4) is 0 Å². The highest BCUT2D eigenvalue weighted by Crippen LogP contribution is 2.32. The first kappa shape index (κ1) is 15.0. The van der Waals surface area contributed by atoms with Gasteiger partial charge in [0.05, 0.1) is 0 Å². The smallest absolute Gasteiger partial charge is 0.00438 e. The second kappa shape index (κ2) is 6.52. The van der Waals surface area contributed by atoms with E-state index in [0.717, 1.165) is 6.54 Å². The molecule has 0 fully saturated rings. The summed E-state index contributed by atoms with van der Waals surface area (Å²) in [6, 6.07) is 0. The maximum absolute atomic E-state index is 3.49. The molecule has 0 spiro atoms. The summed E-state index contributed by atoms with van der Waals surface area (Å²) in [4.78, 5) is 0. The van der Waals surface area contributed by atoms with E-state index in [1.807, 2.05) is 0 Å². The van der Waals surface area contributed by atoms with E-state index in [4.69, 9.17) is 0 Å². The summed E-state index contributed by atoms with van der Waals surface area (Å²) >= 11 is 0. The first-order valence-corrected chi connectivity index (χ1v) is 6.47. The van der Waals surface area contributed by atoms with Crippen molar-refractivity contribution in [2.24, 2.45) is 10.8 Å². The standard InChI is InChI=1S/C14H31N/c1-7-11-15-12-10-14(5,6)9-8-13(2,3)4/h15H,7-12H2,1-6H3. The van der Waals surface area contributed by atoms with Crippen LogP contribution < -0.4 is 5.32 Å². The number of nitrogens with one attached hydrogen (secondary N) is 1. The molecule has 0 amide bonds. The number of hydrogen-bond donors (Lipinski definition) is 1. The van der Waals surface area contributed by atoms with E-state index in [-0.39, 0.29) is 0 Å². The normalized spacial score (nSPS) is 13.2. The van der Waals surface area contributed by atoms with Gasteiger partial charge in [-0.15, -0.1) is 0 Å². The van der Waals surface area contributed by atoms with E-state index in [2.05, 4.69) is 46.9 Å². The van der Waals surface area contributed by atoms with E-state index in [0.29, 0.717) is 10.8 Å². The number of hydrogen-bond acceptors (Lipinski definition) is 1. The van der Waals surface area contributed by atoms with Crippen LogP contribution in [0.3, 0.4) is 0 Å². The second-order valence-electron chi connectivity index (χ2n) is 6.72. The third kappa shape index (κ3) is 10.2. The van der Waals surface area contributed by atoms with Crippen LogP contribution in [0, 0.1) is 10.8 Å². The van der Waals surface area contributed by atoms with E-state index in [9.17, 15) is 0 Å². The zero-order valence-electron chi connectivity index (χ0n) is 11.7. The molecule has 0 heterocycles. The molecule has 0 aromatic heterocycles. The van der Waals surface area contributed by atoms with Gasteiger partial charge in [0.15, 0.2) is 0 Å². The predicted molar refractivity (Wildman–Crippen MR) is 70.2 cm³/mol. The third-order valence-corrected chi connectivity index (χ3v) is 2.96. The van der Waals surface area contributed by atoms with Gasteiger partial charge in [-0.25, -0.2) is 0 Å². The Hall–Kier alpha value is -0.0400. The van der Waals surface area contributed by atoms with Gasteiger partial charge in [0, 0.05) is 0 Å². The van der Waals surface area contributed by atoms with Gasteiger partial charge in [0.2, 0.25) is 0 Å². The number of rotatable bonds is 7. The summed E-state index contributed by atoms with van der Waals surface area (Å²) in [5.41, 5.74) is 0.974. The Morgan fingerprint density at radius 2 is 1.40 bits per heavy atom. The summed E-state index contributed by atoms with van der Waals surface area (Å²) in [6.45, 7) is 16.3. The van der Waals surface area contributed by atoms with Crippen molar-refractivity contribution in [2.45, 2.75) is 67.2 Å². The van der Waals surface area contributed by atoms with Gasteiger partial charge in [-0.3, -0.25) is 0 Å². The first-order chi connectivity index (χ1) is 6.77. The monoisotopic (exact) mass is 213 g/mol. The fourth-order valence-corrected chi connectivity index (χ4v) is 1.57. The van der Waals surface area contributed by atoms with Gasteiger partial charge in [-0.05, 0) is 49.6 Å². The lowest BCUT2D eigenvalue weighted by atomic mass is 9.78. The highest BCUT2D eigenvalue weighted by Gasteiger charge is 2.20. The zero-order valence-corrected chi connectivity index (χ0v) is 11.7. The SMILES string of the molecule is CCCNCCC(C)(C)CCC(C)(C)C. The summed E-state index contributed by atoms with van der Waals surface area (Å²) in [7, 11) is 0. The van der Waals surface area contributed by atoms with Crippen molar-refractivity contribution in [1.29, 1.82) is 0 Å². The molecule has 0 atom stereocenters. The van der Waals surface area contributed by atoms with Gasteiger partial charge in [-0.1, -0.05) is 41.5 Å². The summed E-state index contributed by atoms with van der Waals surface area (Å²) < 4.78 is 0. The molecule has 1 heteroatoms. The van der Waals surface area contributed by atoms with Crippen molar-refractivity contribution in [3.05, 3.63) is 0 Å². The molecule has 0 aromatic rings. The van der Waals surface area contributed by atoms with E-state index < -0.39 is 0 Å². The topological polar surface area (TPSA) is 12.0 Å². The second-order valence-corrected chi connectivity index (χ2v) is 6.72. The van der Waals surface area contributed by atoms with E-state index in [1.165, 1.54) is 32.2 Å². The molecule has 0 rings (SSSR count). The van der Waals surface area contributed by atoms with E-state index >= 15 is 0 Å². The summed E-state index contributed by atoms with van der Waals surface area (Å²) in [5, 5.41) is 3.49. The molecule has 0 bridgehead atoms. The lowest BCUT2D eigenvalue weighted by molar-refractivity contribution is 0.239. The Kier molecular flexibility index (Phi) is 6.51. The van der Waals surface area contributed by atoms with Crippen LogP contribution in [0.15, 0.2) is 0 Å². The Balaban J connectivity index is 3.67. The van der Waals surface area contributed by atoms with Crippen molar-refractivity contribution in [1.82, 2.24) is 5.32 Å². The maximum Gasteiger partial charge on any atom is -0.00438 e. The van der Waals surface area contributed by atoms with Gasteiger partial charge in [0.25, 0.3) is 0 Å². The molecule has 0 saturated heterocycles. The molecule has 0 radical (unpaired) electrons. The Morgan fingerprint density at radius 1 is 0.800 bits per heavy atom. The van der Waals surface area contributed by atoms with Crippen LogP contribution in [-0.2, 0) is 0 Å². The zero-order chi connectivity index (χ0) is 11.9. The maximum atomic E-state index is 3.49. The van der Waals surface area contributed by atoms with Crippen LogP contribution in [0.4, 0.5) is 0 Å². The molecule has 0 aromatic carbocycles. The highest BCUT2D eigenvalue weighted by molar-refractivity contribution is 4.73. The van der Waals surface area contributed by atoms with Crippen LogP contribution in [0.1, 0.15) is 67.2 Å².